The lowest BCUT2D eigenvalue weighted by Crippen LogP contribution is -2.31. The summed E-state index contributed by atoms with van der Waals surface area (Å²) in [6, 6.07) is 3.33. The molecule has 0 aliphatic rings. The van der Waals surface area contributed by atoms with Gasteiger partial charge in [-0.2, -0.15) is 4.31 Å². The predicted molar refractivity (Wildman–Crippen MR) is 70.4 cm³/mol. The van der Waals surface area contributed by atoms with Crippen LogP contribution in [0.4, 0.5) is 5.69 Å². The molecular formula is C12H20N2O2S. The van der Waals surface area contributed by atoms with E-state index >= 15 is 0 Å². The zero-order valence-electron chi connectivity index (χ0n) is 10.8. The van der Waals surface area contributed by atoms with Gasteiger partial charge >= 0.3 is 0 Å². The molecule has 0 fully saturated rings. The fourth-order valence-electron chi connectivity index (χ4n) is 1.82. The summed E-state index contributed by atoms with van der Waals surface area (Å²) in [5.41, 5.74) is 7.88. The van der Waals surface area contributed by atoms with Gasteiger partial charge in [-0.1, -0.05) is 13.8 Å². The van der Waals surface area contributed by atoms with Crippen LogP contribution in [-0.2, 0) is 10.0 Å². The van der Waals surface area contributed by atoms with Gasteiger partial charge < -0.3 is 5.73 Å². The average molecular weight is 256 g/mol. The van der Waals surface area contributed by atoms with Gasteiger partial charge in [-0.3, -0.25) is 0 Å². The maximum absolute atomic E-state index is 12.4. The minimum Gasteiger partial charge on any atom is -0.399 e. The molecule has 1 rings (SSSR count). The first-order chi connectivity index (χ1) is 7.84. The summed E-state index contributed by atoms with van der Waals surface area (Å²) in [7, 11) is -3.42. The van der Waals surface area contributed by atoms with Gasteiger partial charge in [0.2, 0.25) is 10.0 Å². The van der Waals surface area contributed by atoms with Crippen molar-refractivity contribution in [2.45, 2.75) is 32.6 Å². The molecule has 0 heterocycles. The first kappa shape index (κ1) is 14.0. The minimum absolute atomic E-state index is 0.318. The van der Waals surface area contributed by atoms with Crippen molar-refractivity contribution < 1.29 is 8.42 Å². The third-order valence-corrected chi connectivity index (χ3v) is 5.14. The smallest absolute Gasteiger partial charge is 0.243 e. The van der Waals surface area contributed by atoms with Crippen LogP contribution in [0.3, 0.4) is 0 Å². The molecule has 0 bridgehead atoms. The number of nitrogens with two attached hydrogens (primary N) is 1. The number of nitrogens with zero attached hydrogens (tertiary/aromatic N) is 1. The number of nitrogen functional groups attached to an aromatic ring is 1. The molecule has 0 saturated heterocycles. The zero-order chi connectivity index (χ0) is 13.2. The van der Waals surface area contributed by atoms with E-state index < -0.39 is 10.0 Å². The number of aryl methyl sites for hydroxylation is 1. The quantitative estimate of drug-likeness (QED) is 0.837. The summed E-state index contributed by atoms with van der Waals surface area (Å²) in [5, 5.41) is 0. The highest BCUT2D eigenvalue weighted by atomic mass is 32.2. The van der Waals surface area contributed by atoms with E-state index in [2.05, 4.69) is 0 Å². The second-order valence-electron chi connectivity index (χ2n) is 4.05. The van der Waals surface area contributed by atoms with Crippen molar-refractivity contribution >= 4 is 15.7 Å². The molecule has 1 aromatic carbocycles. The Morgan fingerprint density at radius 2 is 1.71 bits per heavy atom. The van der Waals surface area contributed by atoms with E-state index in [4.69, 9.17) is 5.73 Å². The maximum Gasteiger partial charge on any atom is 0.243 e. The van der Waals surface area contributed by atoms with E-state index in [9.17, 15) is 8.42 Å². The van der Waals surface area contributed by atoms with Gasteiger partial charge in [-0.25, -0.2) is 8.42 Å². The van der Waals surface area contributed by atoms with Gasteiger partial charge in [0.1, 0.15) is 0 Å². The van der Waals surface area contributed by atoms with E-state index in [-0.39, 0.29) is 0 Å². The molecule has 0 saturated carbocycles. The maximum atomic E-state index is 12.4. The molecule has 96 valence electrons. The number of benzene rings is 1. The molecule has 0 atom stereocenters. The molecule has 0 unspecified atom stereocenters. The average Bonchev–Trinajstić information content (AvgIpc) is 2.24. The van der Waals surface area contributed by atoms with E-state index in [1.54, 1.807) is 6.07 Å². The van der Waals surface area contributed by atoms with Crippen molar-refractivity contribution in [2.24, 2.45) is 0 Å². The summed E-state index contributed by atoms with van der Waals surface area (Å²) in [4.78, 5) is 0.318. The Labute approximate surface area is 103 Å². The second-order valence-corrected chi connectivity index (χ2v) is 5.96. The second kappa shape index (κ2) is 5.06. The molecule has 0 radical (unpaired) electrons. The van der Waals surface area contributed by atoms with Gasteiger partial charge in [0, 0.05) is 18.8 Å². The van der Waals surface area contributed by atoms with Crippen LogP contribution in [0.2, 0.25) is 0 Å². The highest BCUT2D eigenvalue weighted by Gasteiger charge is 2.24. The number of anilines is 1. The van der Waals surface area contributed by atoms with Crippen molar-refractivity contribution in [1.82, 2.24) is 4.31 Å². The Morgan fingerprint density at radius 1 is 1.18 bits per heavy atom. The van der Waals surface area contributed by atoms with Crippen molar-refractivity contribution in [3.8, 4) is 0 Å². The predicted octanol–water partition coefficient (Wildman–Crippen LogP) is 1.92. The van der Waals surface area contributed by atoms with Crippen LogP contribution in [-0.4, -0.2) is 25.8 Å². The highest BCUT2D eigenvalue weighted by molar-refractivity contribution is 7.89. The van der Waals surface area contributed by atoms with E-state index in [0.717, 1.165) is 11.1 Å². The van der Waals surface area contributed by atoms with Crippen LogP contribution >= 0.6 is 0 Å². The fraction of sp³-hybridized carbons (Fsp3) is 0.500. The first-order valence-corrected chi connectivity index (χ1v) is 7.15. The van der Waals surface area contributed by atoms with Crippen molar-refractivity contribution in [2.75, 3.05) is 18.8 Å². The SMILES string of the molecule is CCN(CC)S(=O)(=O)c1cc(N)cc(C)c1C. The van der Waals surface area contributed by atoms with Crippen LogP contribution < -0.4 is 5.73 Å². The lowest BCUT2D eigenvalue weighted by Gasteiger charge is -2.20. The molecule has 0 aromatic heterocycles. The lowest BCUT2D eigenvalue weighted by atomic mass is 10.1. The van der Waals surface area contributed by atoms with E-state index in [0.29, 0.717) is 23.7 Å². The Balaban J connectivity index is 3.43. The molecule has 0 spiro atoms. The van der Waals surface area contributed by atoms with Gasteiger partial charge in [0.15, 0.2) is 0 Å². The normalized spacial score (nSPS) is 12.1. The van der Waals surface area contributed by atoms with Gasteiger partial charge in [0.25, 0.3) is 0 Å². The zero-order valence-corrected chi connectivity index (χ0v) is 11.6. The molecule has 0 aliphatic carbocycles. The summed E-state index contributed by atoms with van der Waals surface area (Å²) >= 11 is 0. The van der Waals surface area contributed by atoms with Crippen LogP contribution in [0.5, 0.6) is 0 Å². The first-order valence-electron chi connectivity index (χ1n) is 5.71. The lowest BCUT2D eigenvalue weighted by molar-refractivity contribution is 0.445. The van der Waals surface area contributed by atoms with E-state index in [1.165, 1.54) is 10.4 Å². The molecule has 0 aliphatic heterocycles. The Kier molecular flexibility index (Phi) is 4.16. The number of hydrogen-bond acceptors (Lipinski definition) is 3. The van der Waals surface area contributed by atoms with E-state index in [1.807, 2.05) is 27.7 Å². The number of sulfonamides is 1. The minimum atomic E-state index is -3.42. The third-order valence-electron chi connectivity index (χ3n) is 2.97. The van der Waals surface area contributed by atoms with Gasteiger partial charge in [-0.05, 0) is 37.1 Å². The third kappa shape index (κ3) is 2.61. The highest BCUT2D eigenvalue weighted by Crippen LogP contribution is 2.25. The summed E-state index contributed by atoms with van der Waals surface area (Å²) in [6.45, 7) is 8.27. The molecule has 2 N–H and O–H groups in total. The standard InChI is InChI=1S/C12H20N2O2S/c1-5-14(6-2)17(15,16)12-8-11(13)7-9(3)10(12)4/h7-8H,5-6,13H2,1-4H3. The van der Waals surface area contributed by atoms with Crippen LogP contribution in [0, 0.1) is 13.8 Å². The topological polar surface area (TPSA) is 63.4 Å². The molecular weight excluding hydrogens is 236 g/mol. The van der Waals surface area contributed by atoms with Crippen LogP contribution in [0.1, 0.15) is 25.0 Å². The Morgan fingerprint density at radius 3 is 2.18 bits per heavy atom. The summed E-state index contributed by atoms with van der Waals surface area (Å²) in [5.74, 6) is 0. The molecule has 1 aromatic rings. The van der Waals surface area contributed by atoms with Gasteiger partial charge in [0.05, 0.1) is 4.90 Å². The van der Waals surface area contributed by atoms with Crippen LogP contribution in [0.25, 0.3) is 0 Å². The summed E-state index contributed by atoms with van der Waals surface area (Å²) in [6.07, 6.45) is 0. The Hall–Kier alpha value is -1.07. The van der Waals surface area contributed by atoms with Crippen molar-refractivity contribution in [3.63, 3.8) is 0 Å². The number of hydrogen-bond donors (Lipinski definition) is 1. The van der Waals surface area contributed by atoms with Crippen LogP contribution in [0.15, 0.2) is 17.0 Å². The molecule has 17 heavy (non-hydrogen) atoms. The number of rotatable bonds is 4. The summed E-state index contributed by atoms with van der Waals surface area (Å²) < 4.78 is 26.2. The van der Waals surface area contributed by atoms with Gasteiger partial charge in [-0.15, -0.1) is 0 Å². The molecule has 5 heteroatoms. The van der Waals surface area contributed by atoms with Crippen molar-refractivity contribution in [3.05, 3.63) is 23.3 Å². The Bertz CT molecular complexity index is 505. The largest absolute Gasteiger partial charge is 0.399 e. The molecule has 0 amide bonds. The van der Waals surface area contributed by atoms with Crippen molar-refractivity contribution in [1.29, 1.82) is 0 Å². The molecule has 4 nitrogen and oxygen atoms in total. The fourth-order valence-corrected chi connectivity index (χ4v) is 3.62. The monoisotopic (exact) mass is 256 g/mol.